The number of carbonyl (C=O) groups excluding carboxylic acids is 1. The molecule has 0 aliphatic carbocycles. The first-order valence-corrected chi connectivity index (χ1v) is 5.87. The van der Waals surface area contributed by atoms with Gasteiger partial charge < -0.3 is 9.84 Å². The maximum absolute atomic E-state index is 14.0. The number of halogens is 1. The third-order valence-corrected chi connectivity index (χ3v) is 2.69. The van der Waals surface area contributed by atoms with E-state index in [2.05, 4.69) is 4.74 Å². The highest BCUT2D eigenvalue weighted by Gasteiger charge is 2.33. The van der Waals surface area contributed by atoms with E-state index < -0.39 is 17.4 Å². The fourth-order valence-electron chi connectivity index (χ4n) is 1.63. The standard InChI is InChI=1S/C14H17FO3/c1-3-14(17,11-8-6-5-7-9-11)12(15)10-13(16)18-4-2/h5-10,17H,3-4H2,1-2H3/b12-10+. The van der Waals surface area contributed by atoms with E-state index in [-0.39, 0.29) is 13.0 Å². The lowest BCUT2D eigenvalue weighted by molar-refractivity contribution is -0.137. The molecule has 98 valence electrons. The van der Waals surface area contributed by atoms with Crippen LogP contribution in [-0.4, -0.2) is 17.7 Å². The molecule has 1 rings (SSSR count). The molecule has 0 fully saturated rings. The SMILES string of the molecule is CCOC(=O)/C=C(/F)C(O)(CC)c1ccccc1. The van der Waals surface area contributed by atoms with Crippen molar-refractivity contribution in [2.45, 2.75) is 25.9 Å². The molecule has 0 aliphatic rings. The number of esters is 1. The average molecular weight is 252 g/mol. The second-order valence-corrected chi connectivity index (χ2v) is 3.82. The molecule has 0 heterocycles. The molecule has 0 saturated heterocycles. The maximum atomic E-state index is 14.0. The molecule has 0 saturated carbocycles. The van der Waals surface area contributed by atoms with Gasteiger partial charge >= 0.3 is 5.97 Å². The van der Waals surface area contributed by atoms with Crippen molar-refractivity contribution >= 4 is 5.97 Å². The van der Waals surface area contributed by atoms with E-state index in [9.17, 15) is 14.3 Å². The molecule has 3 nitrogen and oxygen atoms in total. The molecule has 4 heteroatoms. The maximum Gasteiger partial charge on any atom is 0.333 e. The second-order valence-electron chi connectivity index (χ2n) is 3.82. The Balaban J connectivity index is 3.05. The Kier molecular flexibility index (Phi) is 5.04. The molecule has 1 N–H and O–H groups in total. The minimum absolute atomic E-state index is 0.124. The van der Waals surface area contributed by atoms with E-state index in [0.717, 1.165) is 0 Å². The molecule has 1 atom stereocenters. The third kappa shape index (κ3) is 3.17. The Morgan fingerprint density at radius 1 is 1.39 bits per heavy atom. The number of carbonyl (C=O) groups is 1. The molecular formula is C14H17FO3. The third-order valence-electron chi connectivity index (χ3n) is 2.69. The molecule has 0 aromatic heterocycles. The fraction of sp³-hybridized carbons (Fsp3) is 0.357. The first-order chi connectivity index (χ1) is 8.54. The van der Waals surface area contributed by atoms with Crippen molar-refractivity contribution in [2.75, 3.05) is 6.61 Å². The quantitative estimate of drug-likeness (QED) is 0.647. The summed E-state index contributed by atoms with van der Waals surface area (Å²) < 4.78 is 18.6. The lowest BCUT2D eigenvalue weighted by Crippen LogP contribution is -2.26. The molecule has 1 aromatic rings. The monoisotopic (exact) mass is 252 g/mol. The molecule has 0 aliphatic heterocycles. The summed E-state index contributed by atoms with van der Waals surface area (Å²) in [4.78, 5) is 11.2. The second kappa shape index (κ2) is 6.31. The zero-order valence-corrected chi connectivity index (χ0v) is 10.5. The molecule has 0 spiro atoms. The van der Waals surface area contributed by atoms with E-state index in [1.807, 2.05) is 0 Å². The molecule has 0 radical (unpaired) electrons. The van der Waals surface area contributed by atoms with Crippen molar-refractivity contribution in [3.8, 4) is 0 Å². The highest BCUT2D eigenvalue weighted by atomic mass is 19.1. The summed E-state index contributed by atoms with van der Waals surface area (Å²) in [5.74, 6) is -1.70. The van der Waals surface area contributed by atoms with Crippen LogP contribution >= 0.6 is 0 Å². The van der Waals surface area contributed by atoms with Gasteiger partial charge in [-0.15, -0.1) is 0 Å². The lowest BCUT2D eigenvalue weighted by atomic mass is 9.89. The van der Waals surface area contributed by atoms with Crippen molar-refractivity contribution in [1.29, 1.82) is 0 Å². The summed E-state index contributed by atoms with van der Waals surface area (Å²) in [7, 11) is 0. The van der Waals surface area contributed by atoms with Crippen molar-refractivity contribution in [2.24, 2.45) is 0 Å². The van der Waals surface area contributed by atoms with E-state index >= 15 is 0 Å². The van der Waals surface area contributed by atoms with E-state index in [4.69, 9.17) is 0 Å². The Bertz CT molecular complexity index is 428. The topological polar surface area (TPSA) is 46.5 Å². The average Bonchev–Trinajstić information content (AvgIpc) is 2.39. The smallest absolute Gasteiger partial charge is 0.333 e. The summed E-state index contributed by atoms with van der Waals surface area (Å²) in [6.07, 6.45) is 0.818. The number of hydrogen-bond acceptors (Lipinski definition) is 3. The Labute approximate surface area is 106 Å². The van der Waals surface area contributed by atoms with Gasteiger partial charge in [-0.2, -0.15) is 0 Å². The molecule has 18 heavy (non-hydrogen) atoms. The van der Waals surface area contributed by atoms with Gasteiger partial charge in [-0.1, -0.05) is 37.3 Å². The Hall–Kier alpha value is -1.68. The number of ether oxygens (including phenoxy) is 1. The normalized spacial score (nSPS) is 15.0. The van der Waals surface area contributed by atoms with Crippen molar-refractivity contribution in [3.63, 3.8) is 0 Å². The van der Waals surface area contributed by atoms with Gasteiger partial charge in [0.15, 0.2) is 0 Å². The van der Waals surface area contributed by atoms with Crippen molar-refractivity contribution in [3.05, 3.63) is 47.8 Å². The van der Waals surface area contributed by atoms with Crippen LogP contribution in [0.2, 0.25) is 0 Å². The van der Waals surface area contributed by atoms with Crippen molar-refractivity contribution in [1.82, 2.24) is 0 Å². The van der Waals surface area contributed by atoms with Crippen LogP contribution in [0.25, 0.3) is 0 Å². The van der Waals surface area contributed by atoms with Crippen LogP contribution in [0.1, 0.15) is 25.8 Å². The predicted octanol–water partition coefficient (Wildman–Crippen LogP) is 2.70. The van der Waals surface area contributed by atoms with Gasteiger partial charge in [0, 0.05) is 0 Å². The largest absolute Gasteiger partial charge is 0.463 e. The molecular weight excluding hydrogens is 235 g/mol. The summed E-state index contributed by atoms with van der Waals surface area (Å²) in [5.41, 5.74) is -1.38. The van der Waals surface area contributed by atoms with Gasteiger partial charge in [-0.25, -0.2) is 9.18 Å². The molecule has 0 amide bonds. The number of rotatable bonds is 5. The van der Waals surface area contributed by atoms with Gasteiger partial charge in [-0.3, -0.25) is 0 Å². The number of benzene rings is 1. The first kappa shape index (κ1) is 14.4. The van der Waals surface area contributed by atoms with E-state index in [0.29, 0.717) is 11.6 Å². The highest BCUT2D eigenvalue weighted by Crippen LogP contribution is 2.33. The lowest BCUT2D eigenvalue weighted by Gasteiger charge is -2.25. The van der Waals surface area contributed by atoms with Gasteiger partial charge in [-0.05, 0) is 18.9 Å². The van der Waals surface area contributed by atoms with Crippen LogP contribution in [0.5, 0.6) is 0 Å². The van der Waals surface area contributed by atoms with Crippen LogP contribution in [0.15, 0.2) is 42.2 Å². The number of aliphatic hydroxyl groups is 1. The minimum Gasteiger partial charge on any atom is -0.463 e. The summed E-state index contributed by atoms with van der Waals surface area (Å²) in [6, 6.07) is 8.40. The van der Waals surface area contributed by atoms with Crippen LogP contribution in [-0.2, 0) is 15.1 Å². The Morgan fingerprint density at radius 3 is 2.50 bits per heavy atom. The van der Waals surface area contributed by atoms with Crippen molar-refractivity contribution < 1.29 is 19.0 Å². The predicted molar refractivity (Wildman–Crippen MR) is 66.5 cm³/mol. The highest BCUT2D eigenvalue weighted by molar-refractivity contribution is 5.82. The zero-order chi connectivity index (χ0) is 13.6. The fourth-order valence-corrected chi connectivity index (χ4v) is 1.63. The van der Waals surface area contributed by atoms with E-state index in [1.165, 1.54) is 0 Å². The van der Waals surface area contributed by atoms with Crippen LogP contribution in [0.3, 0.4) is 0 Å². The molecule has 1 aromatic carbocycles. The summed E-state index contributed by atoms with van der Waals surface area (Å²) in [6.45, 7) is 3.44. The Morgan fingerprint density at radius 2 is 2.00 bits per heavy atom. The van der Waals surface area contributed by atoms with Gasteiger partial charge in [0.1, 0.15) is 11.4 Å². The van der Waals surface area contributed by atoms with Gasteiger partial charge in [0.25, 0.3) is 0 Å². The van der Waals surface area contributed by atoms with Crippen LogP contribution < -0.4 is 0 Å². The first-order valence-electron chi connectivity index (χ1n) is 5.87. The van der Waals surface area contributed by atoms with Gasteiger partial charge in [0.2, 0.25) is 0 Å². The molecule has 1 unspecified atom stereocenters. The van der Waals surface area contributed by atoms with Crippen LogP contribution in [0.4, 0.5) is 4.39 Å². The van der Waals surface area contributed by atoms with Crippen LogP contribution in [0, 0.1) is 0 Å². The molecule has 0 bridgehead atoms. The van der Waals surface area contributed by atoms with E-state index in [1.54, 1.807) is 44.2 Å². The zero-order valence-electron chi connectivity index (χ0n) is 10.5. The summed E-state index contributed by atoms with van der Waals surface area (Å²) >= 11 is 0. The number of hydrogen-bond donors (Lipinski definition) is 1. The minimum atomic E-state index is -1.78. The van der Waals surface area contributed by atoms with Gasteiger partial charge in [0.05, 0.1) is 12.7 Å². The summed E-state index contributed by atoms with van der Waals surface area (Å²) in [5, 5.41) is 10.3.